The molecule has 11 nitrogen and oxygen atoms in total. The second-order valence-corrected chi connectivity index (χ2v) is 10.4. The first-order valence-corrected chi connectivity index (χ1v) is 13.1. The van der Waals surface area contributed by atoms with Crippen molar-refractivity contribution >= 4 is 17.5 Å². The fourth-order valence-electron chi connectivity index (χ4n) is 4.09. The van der Waals surface area contributed by atoms with Gasteiger partial charge in [0.05, 0.1) is 25.1 Å². The van der Waals surface area contributed by atoms with Gasteiger partial charge in [0.1, 0.15) is 29.6 Å². The molecule has 210 valence electrons. The number of halogens is 1. The van der Waals surface area contributed by atoms with Crippen molar-refractivity contribution < 1.29 is 23.2 Å². The maximum Gasteiger partial charge on any atom is 0.324 e. The normalized spacial score (nSPS) is 14.2. The molecule has 2 aromatic carbocycles. The van der Waals surface area contributed by atoms with Gasteiger partial charge in [0.15, 0.2) is 5.82 Å². The molecular formula is C28H32FN7O4. The van der Waals surface area contributed by atoms with Gasteiger partial charge in [0, 0.05) is 42.4 Å². The lowest BCUT2D eigenvalue weighted by atomic mass is 9.93. The standard InChI is InChI=1S/C28H32FN7O4/c1-28(2,3)25-17-26(33-40-25)31-27(37)30-19-4-9-22(23(29)16-19)24-18-36(34-32-24)20-5-7-21(8-6-20)39-15-12-35-10-13-38-14-11-35/h4-9,16-18H,10-15H2,1-3H3,(H2,30,31,33,37). The van der Waals surface area contributed by atoms with E-state index in [1.165, 1.54) is 6.07 Å². The van der Waals surface area contributed by atoms with E-state index in [0.29, 0.717) is 18.1 Å². The number of nitrogens with one attached hydrogen (secondary N) is 2. The summed E-state index contributed by atoms with van der Waals surface area (Å²) in [6.45, 7) is 10.7. The molecule has 0 bridgehead atoms. The van der Waals surface area contributed by atoms with Gasteiger partial charge in [-0.2, -0.15) is 0 Å². The Bertz CT molecular complexity index is 1440. The third kappa shape index (κ3) is 6.82. The minimum Gasteiger partial charge on any atom is -0.492 e. The fourth-order valence-corrected chi connectivity index (χ4v) is 4.09. The minimum atomic E-state index is -0.569. The Morgan fingerprint density at radius 1 is 1.07 bits per heavy atom. The van der Waals surface area contributed by atoms with Gasteiger partial charge in [-0.05, 0) is 42.5 Å². The topological polar surface area (TPSA) is 120 Å². The van der Waals surface area contributed by atoms with E-state index in [2.05, 4.69) is 31.0 Å². The van der Waals surface area contributed by atoms with Crippen molar-refractivity contribution in [1.29, 1.82) is 0 Å². The van der Waals surface area contributed by atoms with Crippen molar-refractivity contribution in [1.82, 2.24) is 25.1 Å². The molecular weight excluding hydrogens is 517 g/mol. The largest absolute Gasteiger partial charge is 0.492 e. The third-order valence-electron chi connectivity index (χ3n) is 6.37. The number of rotatable bonds is 8. The van der Waals surface area contributed by atoms with E-state index in [1.807, 2.05) is 45.0 Å². The molecule has 3 heterocycles. The molecule has 1 fully saturated rings. The summed E-state index contributed by atoms with van der Waals surface area (Å²) >= 11 is 0. The Morgan fingerprint density at radius 3 is 2.55 bits per heavy atom. The highest BCUT2D eigenvalue weighted by atomic mass is 19.1. The maximum absolute atomic E-state index is 15.0. The van der Waals surface area contributed by atoms with Crippen molar-refractivity contribution in [2.75, 3.05) is 50.1 Å². The van der Waals surface area contributed by atoms with Crippen molar-refractivity contribution in [2.24, 2.45) is 0 Å². The molecule has 5 rings (SSSR count). The number of hydrogen-bond donors (Lipinski definition) is 2. The SMILES string of the molecule is CC(C)(C)c1cc(NC(=O)Nc2ccc(-c3cn(-c4ccc(OCCN5CCOCC5)cc4)nn3)c(F)c2)no1. The van der Waals surface area contributed by atoms with E-state index in [0.717, 1.165) is 44.3 Å². The first kappa shape index (κ1) is 27.3. The summed E-state index contributed by atoms with van der Waals surface area (Å²) in [4.78, 5) is 14.7. The van der Waals surface area contributed by atoms with Crippen molar-refractivity contribution in [3.05, 3.63) is 66.3 Å². The van der Waals surface area contributed by atoms with Crippen LogP contribution in [0.5, 0.6) is 5.75 Å². The first-order valence-electron chi connectivity index (χ1n) is 13.1. The van der Waals surface area contributed by atoms with Crippen LogP contribution < -0.4 is 15.4 Å². The molecule has 4 aromatic rings. The van der Waals surface area contributed by atoms with Gasteiger partial charge < -0.3 is 19.3 Å². The van der Waals surface area contributed by atoms with E-state index in [-0.39, 0.29) is 22.5 Å². The second kappa shape index (κ2) is 11.8. The van der Waals surface area contributed by atoms with Crippen LogP contribution in [-0.4, -0.2) is 70.5 Å². The van der Waals surface area contributed by atoms with Crippen LogP contribution in [0.15, 0.2) is 59.3 Å². The van der Waals surface area contributed by atoms with E-state index >= 15 is 0 Å². The summed E-state index contributed by atoms with van der Waals surface area (Å²) in [6.07, 6.45) is 1.64. The van der Waals surface area contributed by atoms with E-state index in [9.17, 15) is 9.18 Å². The van der Waals surface area contributed by atoms with Gasteiger partial charge in [-0.3, -0.25) is 10.2 Å². The molecule has 1 saturated heterocycles. The zero-order valence-electron chi connectivity index (χ0n) is 22.7. The molecule has 2 aromatic heterocycles. The van der Waals surface area contributed by atoms with Gasteiger partial charge in [0.2, 0.25) is 0 Å². The molecule has 40 heavy (non-hydrogen) atoms. The summed E-state index contributed by atoms with van der Waals surface area (Å²) < 4.78 is 33.0. The smallest absolute Gasteiger partial charge is 0.324 e. The second-order valence-electron chi connectivity index (χ2n) is 10.4. The quantitative estimate of drug-likeness (QED) is 0.324. The van der Waals surface area contributed by atoms with Crippen LogP contribution in [0.4, 0.5) is 20.7 Å². The average Bonchev–Trinajstić information content (AvgIpc) is 3.60. The zero-order chi connectivity index (χ0) is 28.1. The molecule has 1 aliphatic heterocycles. The van der Waals surface area contributed by atoms with Crippen LogP contribution in [-0.2, 0) is 10.2 Å². The van der Waals surface area contributed by atoms with E-state index in [4.69, 9.17) is 14.0 Å². The van der Waals surface area contributed by atoms with Crippen molar-refractivity contribution in [3.63, 3.8) is 0 Å². The number of carbonyl (C=O) groups is 1. The fraction of sp³-hybridized carbons (Fsp3) is 0.357. The molecule has 2 N–H and O–H groups in total. The Morgan fingerprint density at radius 2 is 1.85 bits per heavy atom. The predicted octanol–water partition coefficient (Wildman–Crippen LogP) is 4.71. The zero-order valence-corrected chi connectivity index (χ0v) is 22.7. The lowest BCUT2D eigenvalue weighted by Crippen LogP contribution is -2.38. The predicted molar refractivity (Wildman–Crippen MR) is 147 cm³/mol. The Hall–Kier alpha value is -4.29. The molecule has 0 atom stereocenters. The highest BCUT2D eigenvalue weighted by Crippen LogP contribution is 2.26. The van der Waals surface area contributed by atoms with Crippen LogP contribution in [0.1, 0.15) is 26.5 Å². The van der Waals surface area contributed by atoms with Gasteiger partial charge in [-0.15, -0.1) is 5.10 Å². The number of ether oxygens (including phenoxy) is 2. The van der Waals surface area contributed by atoms with E-state index in [1.54, 1.807) is 29.1 Å². The summed E-state index contributed by atoms with van der Waals surface area (Å²) in [5.74, 6) is 1.11. The number of urea groups is 1. The number of aromatic nitrogens is 4. The van der Waals surface area contributed by atoms with Crippen molar-refractivity contribution in [2.45, 2.75) is 26.2 Å². The third-order valence-corrected chi connectivity index (χ3v) is 6.37. The summed E-state index contributed by atoms with van der Waals surface area (Å²) in [7, 11) is 0. The molecule has 12 heteroatoms. The molecule has 1 aliphatic rings. The molecule has 0 aliphatic carbocycles. The lowest BCUT2D eigenvalue weighted by Gasteiger charge is -2.26. The molecule has 2 amide bonds. The highest BCUT2D eigenvalue weighted by molar-refractivity contribution is 5.99. The number of nitrogens with zero attached hydrogens (tertiary/aromatic N) is 5. The number of morpholine rings is 1. The average molecular weight is 550 g/mol. The van der Waals surface area contributed by atoms with Gasteiger partial charge >= 0.3 is 6.03 Å². The van der Waals surface area contributed by atoms with Gasteiger partial charge in [0.25, 0.3) is 0 Å². The van der Waals surface area contributed by atoms with Crippen LogP contribution in [0, 0.1) is 5.82 Å². The lowest BCUT2D eigenvalue weighted by molar-refractivity contribution is 0.0322. The number of hydrogen-bond acceptors (Lipinski definition) is 8. The maximum atomic E-state index is 15.0. The minimum absolute atomic E-state index is 0.245. The molecule has 0 radical (unpaired) electrons. The van der Waals surface area contributed by atoms with Crippen LogP contribution in [0.25, 0.3) is 16.9 Å². The summed E-state index contributed by atoms with van der Waals surface area (Å²) in [5.41, 5.74) is 1.40. The van der Waals surface area contributed by atoms with Crippen LogP contribution in [0.3, 0.4) is 0 Å². The Balaban J connectivity index is 1.16. The monoisotopic (exact) mass is 549 g/mol. The Labute approximate surface area is 231 Å². The molecule has 0 unspecified atom stereocenters. The van der Waals surface area contributed by atoms with Gasteiger partial charge in [-0.1, -0.05) is 31.1 Å². The highest BCUT2D eigenvalue weighted by Gasteiger charge is 2.20. The first-order chi connectivity index (χ1) is 19.2. The number of carbonyl (C=O) groups excluding carboxylic acids is 1. The van der Waals surface area contributed by atoms with Crippen molar-refractivity contribution in [3.8, 4) is 22.7 Å². The van der Waals surface area contributed by atoms with Crippen LogP contribution in [0.2, 0.25) is 0 Å². The summed E-state index contributed by atoms with van der Waals surface area (Å²) in [6, 6.07) is 12.9. The molecule has 0 spiro atoms. The van der Waals surface area contributed by atoms with Crippen LogP contribution >= 0.6 is 0 Å². The number of benzene rings is 2. The Kier molecular flexibility index (Phi) is 8.08. The number of amides is 2. The van der Waals surface area contributed by atoms with Gasteiger partial charge in [-0.25, -0.2) is 13.9 Å². The molecule has 0 saturated carbocycles. The van der Waals surface area contributed by atoms with E-state index < -0.39 is 11.8 Å². The number of anilines is 2. The summed E-state index contributed by atoms with van der Waals surface area (Å²) in [5, 5.41) is 17.3.